The molecule has 0 aliphatic carbocycles. The topological polar surface area (TPSA) is 111 Å². The second-order valence-electron chi connectivity index (χ2n) is 12.3. The van der Waals surface area contributed by atoms with Crippen LogP contribution in [0.5, 0.6) is 11.9 Å². The van der Waals surface area contributed by atoms with Gasteiger partial charge in [-0.25, -0.2) is 18.2 Å². The molecule has 2 bridgehead atoms. The van der Waals surface area contributed by atoms with Crippen molar-refractivity contribution in [2.45, 2.75) is 63.3 Å². The molecule has 0 unspecified atom stereocenters. The van der Waals surface area contributed by atoms with Crippen molar-refractivity contribution in [3.63, 3.8) is 0 Å². The molecule has 0 amide bonds. The third-order valence-corrected chi connectivity index (χ3v) is 9.25. The van der Waals surface area contributed by atoms with Crippen LogP contribution in [0, 0.1) is 18.6 Å². The minimum absolute atomic E-state index is 0.0121. The predicted octanol–water partition coefficient (Wildman–Crippen LogP) is 4.02. The van der Waals surface area contributed by atoms with E-state index in [1.165, 1.54) is 0 Å². The van der Waals surface area contributed by atoms with Crippen molar-refractivity contribution in [2.75, 3.05) is 56.6 Å². The van der Waals surface area contributed by atoms with Gasteiger partial charge >= 0.3 is 12.2 Å². The lowest BCUT2D eigenvalue weighted by Gasteiger charge is -2.42. The van der Waals surface area contributed by atoms with Gasteiger partial charge in [-0.05, 0) is 38.3 Å². The number of alkyl halides is 4. The number of benzene rings is 1. The zero-order valence-electron chi connectivity index (χ0n) is 25.1. The number of nitrogens with two attached hydrogens (primary N) is 1. The third-order valence-electron chi connectivity index (χ3n) is 9.25. The SMILES string of the molecule is Cc1c(F)c(N)cc(-c2nc3c4c(nc(OC[C@H](F)CN5CCOCC5)nc4c2F)N2C[C@H]4CC[C@H](N4)[C@H]2[C@H](C)O3)c1C(F)(F)F. The summed E-state index contributed by atoms with van der Waals surface area (Å²) < 4.78 is 107. The van der Waals surface area contributed by atoms with Gasteiger partial charge in [0.25, 0.3) is 0 Å². The number of piperazine rings is 1. The summed E-state index contributed by atoms with van der Waals surface area (Å²) in [6.45, 7) is 4.96. The van der Waals surface area contributed by atoms with Crippen molar-refractivity contribution in [3.05, 3.63) is 28.8 Å². The molecule has 0 spiro atoms. The largest absolute Gasteiger partial charge is 0.472 e. The molecule has 0 saturated carbocycles. The highest BCUT2D eigenvalue weighted by molar-refractivity contribution is 5.97. The molecular weight excluding hydrogens is 620 g/mol. The summed E-state index contributed by atoms with van der Waals surface area (Å²) in [5.74, 6) is -2.45. The molecule has 3 N–H and O–H groups in total. The number of anilines is 2. The summed E-state index contributed by atoms with van der Waals surface area (Å²) in [5, 5.41) is 3.61. The Hall–Kier alpha value is -3.63. The fourth-order valence-corrected chi connectivity index (χ4v) is 7.19. The van der Waals surface area contributed by atoms with E-state index in [1.807, 2.05) is 9.80 Å². The zero-order valence-corrected chi connectivity index (χ0v) is 25.1. The third kappa shape index (κ3) is 5.33. The van der Waals surface area contributed by atoms with Gasteiger partial charge in [-0.1, -0.05) is 0 Å². The van der Waals surface area contributed by atoms with Crippen LogP contribution in [-0.2, 0) is 10.9 Å². The lowest BCUT2D eigenvalue weighted by molar-refractivity contribution is -0.137. The van der Waals surface area contributed by atoms with Crippen LogP contribution in [0.25, 0.3) is 22.2 Å². The van der Waals surface area contributed by atoms with Crippen LogP contribution in [0.15, 0.2) is 6.07 Å². The Morgan fingerprint density at radius 3 is 2.63 bits per heavy atom. The number of nitrogen functional groups attached to an aromatic ring is 1. The second-order valence-corrected chi connectivity index (χ2v) is 12.3. The Kier molecular flexibility index (Phi) is 7.79. The maximum absolute atomic E-state index is 16.6. The van der Waals surface area contributed by atoms with Gasteiger partial charge in [0.15, 0.2) is 5.82 Å². The van der Waals surface area contributed by atoms with Crippen molar-refractivity contribution in [2.24, 2.45) is 0 Å². The zero-order chi connectivity index (χ0) is 32.5. The van der Waals surface area contributed by atoms with E-state index in [4.69, 9.17) is 19.9 Å². The normalized spacial score (nSPS) is 25.3. The highest BCUT2D eigenvalue weighted by Gasteiger charge is 2.47. The van der Waals surface area contributed by atoms with E-state index in [9.17, 15) is 17.6 Å². The van der Waals surface area contributed by atoms with Crippen molar-refractivity contribution in [1.82, 2.24) is 25.2 Å². The minimum Gasteiger partial charge on any atom is -0.472 e. The number of aromatic nitrogens is 3. The minimum atomic E-state index is -5.08. The van der Waals surface area contributed by atoms with E-state index in [0.717, 1.165) is 19.8 Å². The molecule has 46 heavy (non-hydrogen) atoms. The van der Waals surface area contributed by atoms with Gasteiger partial charge in [-0.15, -0.1) is 0 Å². The summed E-state index contributed by atoms with van der Waals surface area (Å²) >= 11 is 0. The molecule has 16 heteroatoms. The van der Waals surface area contributed by atoms with Crippen molar-refractivity contribution in [1.29, 1.82) is 0 Å². The number of hydrogen-bond donors (Lipinski definition) is 2. The summed E-state index contributed by atoms with van der Waals surface area (Å²) in [7, 11) is 0. The molecule has 0 radical (unpaired) electrons. The van der Waals surface area contributed by atoms with Crippen LogP contribution in [0.4, 0.5) is 37.8 Å². The standard InChI is InChI=1S/C30H33F6N7O3/c1-13-21(30(34,35)36)17(9-18(37)22(13)32)24-23(33)25-20-27(41-29(40-25)45-12-15(31)10-42-5-7-44-8-6-42)43-11-16-3-4-19(38-16)26(43)14(2)46-28(20)39-24/h9,14-16,19,26,38H,3-8,10-12,37H2,1-2H3/t14-,15+,16+,19-,26+/m0/s1. The van der Waals surface area contributed by atoms with Gasteiger partial charge in [0, 0.05) is 43.8 Å². The Morgan fingerprint density at radius 1 is 1.13 bits per heavy atom. The molecule has 248 valence electrons. The van der Waals surface area contributed by atoms with Crippen LogP contribution in [0.2, 0.25) is 0 Å². The van der Waals surface area contributed by atoms with Gasteiger partial charge in [0.05, 0.1) is 30.5 Å². The highest BCUT2D eigenvalue weighted by Crippen LogP contribution is 2.47. The molecular formula is C30H33F6N7O3. The van der Waals surface area contributed by atoms with Crippen molar-refractivity contribution < 1.29 is 40.6 Å². The molecule has 3 fully saturated rings. The van der Waals surface area contributed by atoms with Crippen LogP contribution < -0.4 is 25.4 Å². The Bertz CT molecular complexity index is 1670. The maximum atomic E-state index is 16.6. The van der Waals surface area contributed by atoms with Crippen molar-refractivity contribution in [3.8, 4) is 23.1 Å². The number of pyridine rings is 1. The van der Waals surface area contributed by atoms with E-state index in [2.05, 4.69) is 20.3 Å². The van der Waals surface area contributed by atoms with Crippen LogP contribution in [0.1, 0.15) is 30.9 Å². The number of ether oxygens (including phenoxy) is 3. The molecule has 3 aromatic rings. The number of nitrogens with zero attached hydrogens (tertiary/aromatic N) is 5. The Morgan fingerprint density at radius 2 is 1.89 bits per heavy atom. The summed E-state index contributed by atoms with van der Waals surface area (Å²) in [5.41, 5.74) is 0.933. The average Bonchev–Trinajstić information content (AvgIpc) is 3.33. The molecule has 3 saturated heterocycles. The molecule has 4 aliphatic heterocycles. The fourth-order valence-electron chi connectivity index (χ4n) is 7.19. The first-order valence-corrected chi connectivity index (χ1v) is 15.2. The molecule has 2 aromatic heterocycles. The number of morpholine rings is 1. The van der Waals surface area contributed by atoms with E-state index in [0.29, 0.717) is 38.9 Å². The first kappa shape index (κ1) is 31.0. The van der Waals surface area contributed by atoms with E-state index >= 15 is 8.78 Å². The molecule has 5 atom stereocenters. The maximum Gasteiger partial charge on any atom is 0.417 e. The van der Waals surface area contributed by atoms with Gasteiger partial charge < -0.3 is 30.2 Å². The van der Waals surface area contributed by atoms with Gasteiger partial charge in [-0.3, -0.25) is 4.90 Å². The van der Waals surface area contributed by atoms with Gasteiger partial charge in [0.1, 0.15) is 47.1 Å². The Balaban J connectivity index is 1.38. The first-order chi connectivity index (χ1) is 21.9. The quantitative estimate of drug-likeness (QED) is 0.299. The number of rotatable bonds is 6. The monoisotopic (exact) mass is 653 g/mol. The van der Waals surface area contributed by atoms with Gasteiger partial charge in [0.2, 0.25) is 5.88 Å². The molecule has 1 aromatic carbocycles. The van der Waals surface area contributed by atoms with Crippen molar-refractivity contribution >= 4 is 22.4 Å². The Labute approximate surface area is 260 Å². The first-order valence-electron chi connectivity index (χ1n) is 15.2. The molecule has 6 heterocycles. The average molecular weight is 654 g/mol. The fraction of sp³-hybridized carbons (Fsp3) is 0.567. The summed E-state index contributed by atoms with van der Waals surface area (Å²) in [4.78, 5) is 17.0. The second kappa shape index (κ2) is 11.6. The molecule has 4 aliphatic rings. The number of halogens is 6. The van der Waals surface area contributed by atoms with E-state index < -0.39 is 70.3 Å². The lowest BCUT2D eigenvalue weighted by atomic mass is 9.96. The number of hydrogen-bond acceptors (Lipinski definition) is 10. The highest BCUT2D eigenvalue weighted by atomic mass is 19.4. The van der Waals surface area contributed by atoms with Crippen LogP contribution in [-0.4, -0.2) is 96.3 Å². The lowest BCUT2D eigenvalue weighted by Crippen LogP contribution is -2.62. The van der Waals surface area contributed by atoms with Crippen LogP contribution >= 0.6 is 0 Å². The number of fused-ring (bicyclic) bond motifs is 5. The van der Waals surface area contributed by atoms with E-state index in [1.54, 1.807) is 6.92 Å². The summed E-state index contributed by atoms with van der Waals surface area (Å²) in [6.07, 6.45) is -5.33. The summed E-state index contributed by atoms with van der Waals surface area (Å²) in [6, 6.07) is 0.168. The molecule has 7 rings (SSSR count). The predicted molar refractivity (Wildman–Crippen MR) is 156 cm³/mol. The van der Waals surface area contributed by atoms with E-state index in [-0.39, 0.29) is 47.8 Å². The van der Waals surface area contributed by atoms with Crippen LogP contribution in [0.3, 0.4) is 0 Å². The number of nitrogens with one attached hydrogen (secondary N) is 1. The van der Waals surface area contributed by atoms with Gasteiger partial charge in [-0.2, -0.15) is 23.1 Å². The smallest absolute Gasteiger partial charge is 0.417 e. The molecule has 10 nitrogen and oxygen atoms in total.